The van der Waals surface area contributed by atoms with E-state index in [0.717, 1.165) is 36.1 Å². The molecular formula is C23H28N2O3. The van der Waals surface area contributed by atoms with Crippen LogP contribution >= 0.6 is 0 Å². The summed E-state index contributed by atoms with van der Waals surface area (Å²) in [6, 6.07) is 15.1. The van der Waals surface area contributed by atoms with E-state index in [9.17, 15) is 14.7 Å². The molecule has 5 nitrogen and oxygen atoms in total. The normalized spacial score (nSPS) is 16.9. The Bertz CT molecular complexity index is 831. The molecule has 2 aromatic rings. The maximum atomic E-state index is 12.9. The standard InChI is InChI=1S/C23H28N2O3/c1-3-24(4-2)22(26)21-11-8-14-25(21)16-19-15-18(23(27)28)12-13-20(19)17-9-6-5-7-10-17/h5-7,9-10,12-13,15,21H,3-4,8,11,14,16H2,1-2H3,(H,27,28). The van der Waals surface area contributed by atoms with E-state index in [0.29, 0.717) is 19.6 Å². The first kappa shape index (κ1) is 20.1. The molecule has 1 fully saturated rings. The molecule has 148 valence electrons. The van der Waals surface area contributed by atoms with Crippen molar-refractivity contribution in [2.45, 2.75) is 39.3 Å². The molecule has 0 aromatic heterocycles. The summed E-state index contributed by atoms with van der Waals surface area (Å²) in [5, 5.41) is 9.43. The largest absolute Gasteiger partial charge is 0.478 e. The van der Waals surface area contributed by atoms with Crippen LogP contribution in [-0.2, 0) is 11.3 Å². The smallest absolute Gasteiger partial charge is 0.335 e. The van der Waals surface area contributed by atoms with Crippen molar-refractivity contribution < 1.29 is 14.7 Å². The quantitative estimate of drug-likeness (QED) is 0.792. The summed E-state index contributed by atoms with van der Waals surface area (Å²) in [4.78, 5) is 28.5. The second-order valence-corrected chi connectivity index (χ2v) is 7.18. The summed E-state index contributed by atoms with van der Waals surface area (Å²) < 4.78 is 0. The average molecular weight is 380 g/mol. The van der Waals surface area contributed by atoms with Crippen molar-refractivity contribution in [3.05, 3.63) is 59.7 Å². The van der Waals surface area contributed by atoms with Crippen molar-refractivity contribution in [2.24, 2.45) is 0 Å². The van der Waals surface area contributed by atoms with Gasteiger partial charge in [0.05, 0.1) is 11.6 Å². The van der Waals surface area contributed by atoms with Crippen LogP contribution in [0.4, 0.5) is 0 Å². The Balaban J connectivity index is 1.92. The third kappa shape index (κ3) is 4.25. The van der Waals surface area contributed by atoms with Gasteiger partial charge in [0.1, 0.15) is 0 Å². The van der Waals surface area contributed by atoms with Gasteiger partial charge in [0.15, 0.2) is 0 Å². The molecule has 2 aromatic carbocycles. The molecule has 1 aliphatic rings. The Morgan fingerprint density at radius 2 is 1.82 bits per heavy atom. The summed E-state index contributed by atoms with van der Waals surface area (Å²) in [6.07, 6.45) is 1.84. The highest BCUT2D eigenvalue weighted by Gasteiger charge is 2.33. The summed E-state index contributed by atoms with van der Waals surface area (Å²) >= 11 is 0. The van der Waals surface area contributed by atoms with E-state index in [-0.39, 0.29) is 17.5 Å². The number of hydrogen-bond donors (Lipinski definition) is 1. The molecule has 1 N–H and O–H groups in total. The Morgan fingerprint density at radius 3 is 2.46 bits per heavy atom. The number of hydrogen-bond acceptors (Lipinski definition) is 3. The third-order valence-electron chi connectivity index (χ3n) is 5.53. The highest BCUT2D eigenvalue weighted by molar-refractivity contribution is 5.89. The molecule has 0 aliphatic carbocycles. The van der Waals surface area contributed by atoms with E-state index in [1.54, 1.807) is 12.1 Å². The van der Waals surface area contributed by atoms with Gasteiger partial charge in [-0.3, -0.25) is 9.69 Å². The fraction of sp³-hybridized carbons (Fsp3) is 0.391. The third-order valence-corrected chi connectivity index (χ3v) is 5.53. The van der Waals surface area contributed by atoms with Crippen molar-refractivity contribution in [1.82, 2.24) is 9.80 Å². The molecule has 28 heavy (non-hydrogen) atoms. The van der Waals surface area contributed by atoms with Gasteiger partial charge >= 0.3 is 5.97 Å². The van der Waals surface area contributed by atoms with E-state index in [4.69, 9.17) is 0 Å². The first-order chi connectivity index (χ1) is 13.5. The summed E-state index contributed by atoms with van der Waals surface area (Å²) in [7, 11) is 0. The molecule has 0 bridgehead atoms. The second-order valence-electron chi connectivity index (χ2n) is 7.18. The van der Waals surface area contributed by atoms with Gasteiger partial charge in [-0.25, -0.2) is 4.79 Å². The zero-order chi connectivity index (χ0) is 20.1. The van der Waals surface area contributed by atoms with Gasteiger partial charge in [-0.2, -0.15) is 0 Å². The summed E-state index contributed by atoms with van der Waals surface area (Å²) in [6.45, 7) is 6.86. The Kier molecular flexibility index (Phi) is 6.47. The SMILES string of the molecule is CCN(CC)C(=O)C1CCCN1Cc1cc(C(=O)O)ccc1-c1ccccc1. The summed E-state index contributed by atoms with van der Waals surface area (Å²) in [5.41, 5.74) is 3.30. The summed E-state index contributed by atoms with van der Waals surface area (Å²) in [5.74, 6) is -0.754. The first-order valence-corrected chi connectivity index (χ1v) is 9.99. The van der Waals surface area contributed by atoms with Crippen LogP contribution in [0.1, 0.15) is 42.6 Å². The predicted molar refractivity (Wildman–Crippen MR) is 110 cm³/mol. The number of likely N-dealkylation sites (tertiary alicyclic amines) is 1. The molecule has 1 heterocycles. The van der Waals surface area contributed by atoms with Crippen LogP contribution in [0.5, 0.6) is 0 Å². The number of rotatable bonds is 7. The van der Waals surface area contributed by atoms with Crippen molar-refractivity contribution in [1.29, 1.82) is 0 Å². The number of amides is 1. The molecule has 1 aliphatic heterocycles. The minimum Gasteiger partial charge on any atom is -0.478 e. The topological polar surface area (TPSA) is 60.9 Å². The number of carboxylic acids is 1. The van der Waals surface area contributed by atoms with Crippen LogP contribution in [-0.4, -0.2) is 52.5 Å². The van der Waals surface area contributed by atoms with Gasteiger partial charge in [0.2, 0.25) is 5.91 Å². The molecule has 1 atom stereocenters. The number of carboxylic acid groups (broad SMARTS) is 1. The van der Waals surface area contributed by atoms with Crippen molar-refractivity contribution in [3.8, 4) is 11.1 Å². The molecular weight excluding hydrogens is 352 g/mol. The monoisotopic (exact) mass is 380 g/mol. The van der Waals surface area contributed by atoms with Crippen molar-refractivity contribution >= 4 is 11.9 Å². The number of carbonyl (C=O) groups is 2. The molecule has 3 rings (SSSR count). The van der Waals surface area contributed by atoms with Crippen LogP contribution in [0, 0.1) is 0 Å². The lowest BCUT2D eigenvalue weighted by atomic mass is 9.97. The number of aromatic carboxylic acids is 1. The van der Waals surface area contributed by atoms with Gasteiger partial charge in [0, 0.05) is 19.6 Å². The molecule has 0 spiro atoms. The lowest BCUT2D eigenvalue weighted by molar-refractivity contribution is -0.135. The maximum Gasteiger partial charge on any atom is 0.335 e. The van der Waals surface area contributed by atoms with Crippen LogP contribution in [0.2, 0.25) is 0 Å². The molecule has 1 unspecified atom stereocenters. The Morgan fingerprint density at radius 1 is 1.11 bits per heavy atom. The van der Waals surface area contributed by atoms with E-state index < -0.39 is 5.97 Å². The minimum absolute atomic E-state index is 0.128. The molecule has 0 saturated carbocycles. The van der Waals surface area contributed by atoms with Gasteiger partial charge in [-0.1, -0.05) is 36.4 Å². The lowest BCUT2D eigenvalue weighted by Gasteiger charge is -2.29. The molecule has 0 radical (unpaired) electrons. The maximum absolute atomic E-state index is 12.9. The predicted octanol–water partition coefficient (Wildman–Crippen LogP) is 3.88. The van der Waals surface area contributed by atoms with Gasteiger partial charge in [-0.15, -0.1) is 0 Å². The fourth-order valence-corrected chi connectivity index (χ4v) is 4.02. The number of benzene rings is 2. The molecule has 5 heteroatoms. The van der Waals surface area contributed by atoms with E-state index in [1.807, 2.05) is 55.1 Å². The van der Waals surface area contributed by atoms with Crippen molar-refractivity contribution in [3.63, 3.8) is 0 Å². The average Bonchev–Trinajstić information content (AvgIpc) is 3.17. The van der Waals surface area contributed by atoms with Crippen LogP contribution in [0.15, 0.2) is 48.5 Å². The molecule has 1 saturated heterocycles. The van der Waals surface area contributed by atoms with Gasteiger partial charge in [-0.05, 0) is 62.1 Å². The van der Waals surface area contributed by atoms with E-state index >= 15 is 0 Å². The van der Waals surface area contributed by atoms with Gasteiger partial charge in [0.25, 0.3) is 0 Å². The second kappa shape index (κ2) is 9.02. The number of nitrogens with zero attached hydrogens (tertiary/aromatic N) is 2. The van der Waals surface area contributed by atoms with Gasteiger partial charge < -0.3 is 10.0 Å². The van der Waals surface area contributed by atoms with Crippen LogP contribution < -0.4 is 0 Å². The highest BCUT2D eigenvalue weighted by atomic mass is 16.4. The number of carbonyl (C=O) groups excluding carboxylic acids is 1. The van der Waals surface area contributed by atoms with Crippen LogP contribution in [0.3, 0.4) is 0 Å². The highest BCUT2D eigenvalue weighted by Crippen LogP contribution is 2.29. The zero-order valence-corrected chi connectivity index (χ0v) is 16.6. The Hall–Kier alpha value is -2.66. The lowest BCUT2D eigenvalue weighted by Crippen LogP contribution is -2.45. The van der Waals surface area contributed by atoms with E-state index in [1.165, 1.54) is 0 Å². The zero-order valence-electron chi connectivity index (χ0n) is 16.6. The molecule has 1 amide bonds. The minimum atomic E-state index is -0.932. The number of likely N-dealkylation sites (N-methyl/N-ethyl adjacent to an activating group) is 1. The van der Waals surface area contributed by atoms with Crippen molar-refractivity contribution in [2.75, 3.05) is 19.6 Å². The van der Waals surface area contributed by atoms with E-state index in [2.05, 4.69) is 4.90 Å². The first-order valence-electron chi connectivity index (χ1n) is 9.99. The fourth-order valence-electron chi connectivity index (χ4n) is 4.02. The van der Waals surface area contributed by atoms with Crippen LogP contribution in [0.25, 0.3) is 11.1 Å². The Labute approximate surface area is 166 Å².